The number of pyridine rings is 1. The molecule has 0 aliphatic carbocycles. The predicted octanol–water partition coefficient (Wildman–Crippen LogP) is 3.26. The Hall–Kier alpha value is -2.77. The van der Waals surface area contributed by atoms with Crippen molar-refractivity contribution >= 4 is 26.8 Å². The second kappa shape index (κ2) is 8.16. The van der Waals surface area contributed by atoms with Crippen molar-refractivity contribution in [2.75, 3.05) is 27.2 Å². The largest absolute Gasteiger partial charge is 0.345 e. The van der Waals surface area contributed by atoms with Gasteiger partial charge in [0.15, 0.2) is 0 Å². The smallest absolute Gasteiger partial charge is 0.254 e. The zero-order valence-electron chi connectivity index (χ0n) is 17.2. The van der Waals surface area contributed by atoms with E-state index in [-0.39, 0.29) is 17.6 Å². The van der Waals surface area contributed by atoms with Crippen molar-refractivity contribution in [2.24, 2.45) is 0 Å². The third kappa shape index (κ3) is 4.08. The minimum absolute atomic E-state index is 0.00389. The maximum absolute atomic E-state index is 12.9. The Bertz CT molecular complexity index is 1180. The number of carbonyl (C=O) groups excluding carboxylic acids is 1. The number of benzene rings is 2. The molecule has 30 heavy (non-hydrogen) atoms. The maximum Gasteiger partial charge on any atom is 0.254 e. The van der Waals surface area contributed by atoms with Crippen molar-refractivity contribution in [3.05, 3.63) is 77.5 Å². The van der Waals surface area contributed by atoms with Crippen LogP contribution >= 0.6 is 0 Å². The van der Waals surface area contributed by atoms with Crippen LogP contribution in [0.4, 0.5) is 0 Å². The van der Waals surface area contributed by atoms with Crippen LogP contribution in [0.25, 0.3) is 10.9 Å². The first-order valence-corrected chi connectivity index (χ1v) is 11.6. The average molecular weight is 424 g/mol. The minimum Gasteiger partial charge on any atom is -0.345 e. The first kappa shape index (κ1) is 20.5. The van der Waals surface area contributed by atoms with E-state index in [2.05, 4.69) is 0 Å². The summed E-state index contributed by atoms with van der Waals surface area (Å²) in [5, 5.41) is 0.812. The summed E-state index contributed by atoms with van der Waals surface area (Å²) < 4.78 is 27.4. The summed E-state index contributed by atoms with van der Waals surface area (Å²) >= 11 is 0. The summed E-state index contributed by atoms with van der Waals surface area (Å²) in [6.07, 6.45) is 0.689. The lowest BCUT2D eigenvalue weighted by Gasteiger charge is -2.18. The lowest BCUT2D eigenvalue weighted by molar-refractivity contribution is 0.0829. The fraction of sp³-hybridized carbons (Fsp3) is 0.304. The van der Waals surface area contributed by atoms with Crippen LogP contribution in [0.5, 0.6) is 0 Å². The van der Waals surface area contributed by atoms with Crippen LogP contribution in [0, 0.1) is 0 Å². The molecule has 1 aromatic heterocycles. The quantitative estimate of drug-likeness (QED) is 0.632. The number of para-hydroxylation sites is 1. The molecule has 1 aliphatic rings. The lowest BCUT2D eigenvalue weighted by Crippen LogP contribution is -2.30. The summed E-state index contributed by atoms with van der Waals surface area (Å²) in [5.41, 5.74) is 2.91. The fourth-order valence-electron chi connectivity index (χ4n) is 3.92. The Labute approximate surface area is 177 Å². The van der Waals surface area contributed by atoms with E-state index >= 15 is 0 Å². The number of rotatable bonds is 5. The van der Waals surface area contributed by atoms with E-state index in [1.165, 1.54) is 0 Å². The van der Waals surface area contributed by atoms with Gasteiger partial charge in [0.05, 0.1) is 16.8 Å². The molecule has 0 unspecified atom stereocenters. The van der Waals surface area contributed by atoms with E-state index < -0.39 is 10.0 Å². The molecule has 3 aromatic rings. The minimum atomic E-state index is -3.41. The van der Waals surface area contributed by atoms with Crippen LogP contribution in [0.2, 0.25) is 0 Å². The molecule has 4 rings (SSSR count). The van der Waals surface area contributed by atoms with E-state index in [9.17, 15) is 13.2 Å². The first-order chi connectivity index (χ1) is 14.3. The second-order valence-corrected chi connectivity index (χ2v) is 9.87. The molecule has 1 saturated heterocycles. The molecule has 0 radical (unpaired) electrons. The molecule has 2 aromatic carbocycles. The third-order valence-electron chi connectivity index (χ3n) is 5.53. The van der Waals surface area contributed by atoms with Crippen molar-refractivity contribution in [1.29, 1.82) is 0 Å². The van der Waals surface area contributed by atoms with Gasteiger partial charge in [0.1, 0.15) is 0 Å². The molecule has 1 aliphatic heterocycles. The Balaban J connectivity index is 1.62. The summed E-state index contributed by atoms with van der Waals surface area (Å²) in [7, 11) is 0.0477. The molecule has 7 heteroatoms. The summed E-state index contributed by atoms with van der Waals surface area (Å²) in [4.78, 5) is 19.1. The monoisotopic (exact) mass is 423 g/mol. The van der Waals surface area contributed by atoms with Crippen LogP contribution in [0.1, 0.15) is 34.0 Å². The number of amides is 1. The highest BCUT2D eigenvalue weighted by Gasteiger charge is 2.33. The van der Waals surface area contributed by atoms with E-state index in [4.69, 9.17) is 4.98 Å². The third-order valence-corrected chi connectivity index (χ3v) is 7.34. The van der Waals surface area contributed by atoms with Gasteiger partial charge in [-0.05, 0) is 24.1 Å². The van der Waals surface area contributed by atoms with Gasteiger partial charge in [0.25, 0.3) is 5.91 Å². The number of fused-ring (bicyclic) bond motifs is 1. The Morgan fingerprint density at radius 1 is 1.10 bits per heavy atom. The molecule has 0 spiro atoms. The van der Waals surface area contributed by atoms with E-state index in [1.807, 2.05) is 60.7 Å². The van der Waals surface area contributed by atoms with Gasteiger partial charge in [-0.15, -0.1) is 0 Å². The number of nitrogens with zero attached hydrogens (tertiary/aromatic N) is 3. The number of carbonyl (C=O) groups is 1. The molecule has 6 nitrogen and oxygen atoms in total. The van der Waals surface area contributed by atoms with Crippen molar-refractivity contribution in [3.63, 3.8) is 0 Å². The Morgan fingerprint density at radius 3 is 2.53 bits per heavy atom. The van der Waals surface area contributed by atoms with Gasteiger partial charge in [0.2, 0.25) is 10.0 Å². The van der Waals surface area contributed by atoms with Crippen LogP contribution in [0.15, 0.2) is 60.7 Å². The number of aromatic nitrogens is 1. The molecule has 0 saturated carbocycles. The zero-order chi connectivity index (χ0) is 21.3. The van der Waals surface area contributed by atoms with E-state index in [0.29, 0.717) is 25.1 Å². The van der Waals surface area contributed by atoms with Gasteiger partial charge in [-0.2, -0.15) is 0 Å². The number of hydrogen-bond acceptors (Lipinski definition) is 4. The predicted molar refractivity (Wildman–Crippen MR) is 118 cm³/mol. The van der Waals surface area contributed by atoms with Gasteiger partial charge in [0, 0.05) is 44.2 Å². The molecule has 156 valence electrons. The topological polar surface area (TPSA) is 70.6 Å². The van der Waals surface area contributed by atoms with Crippen molar-refractivity contribution in [3.8, 4) is 0 Å². The highest BCUT2D eigenvalue weighted by atomic mass is 32.2. The summed E-state index contributed by atoms with van der Waals surface area (Å²) in [6, 6.07) is 18.6. The highest BCUT2D eigenvalue weighted by molar-refractivity contribution is 7.88. The Morgan fingerprint density at radius 2 is 1.80 bits per heavy atom. The van der Waals surface area contributed by atoms with Crippen LogP contribution < -0.4 is 0 Å². The molecule has 1 fully saturated rings. The average Bonchev–Trinajstić information content (AvgIpc) is 3.24. The summed E-state index contributed by atoms with van der Waals surface area (Å²) in [6.45, 7) is 0.849. The first-order valence-electron chi connectivity index (χ1n) is 9.98. The fourth-order valence-corrected chi connectivity index (χ4v) is 5.51. The van der Waals surface area contributed by atoms with E-state index in [0.717, 1.165) is 22.2 Å². The van der Waals surface area contributed by atoms with Crippen molar-refractivity contribution < 1.29 is 13.2 Å². The lowest BCUT2D eigenvalue weighted by atomic mass is 9.99. The van der Waals surface area contributed by atoms with Crippen LogP contribution in [-0.4, -0.2) is 55.7 Å². The van der Waals surface area contributed by atoms with Crippen LogP contribution in [-0.2, 0) is 15.8 Å². The van der Waals surface area contributed by atoms with Gasteiger partial charge < -0.3 is 4.90 Å². The van der Waals surface area contributed by atoms with E-state index in [1.54, 1.807) is 23.3 Å². The zero-order valence-corrected chi connectivity index (χ0v) is 18.0. The molecule has 1 atom stereocenters. The van der Waals surface area contributed by atoms with Crippen LogP contribution in [0.3, 0.4) is 0 Å². The van der Waals surface area contributed by atoms with Crippen molar-refractivity contribution in [2.45, 2.75) is 18.1 Å². The normalized spacial score (nSPS) is 17.3. The standard InChI is InChI=1S/C23H25N3O3S/c1-25(2)23(27)20-14-22(24-21-11-7-6-10-19(20)21)18-12-13-26(15-18)30(28,29)16-17-8-4-3-5-9-17/h3-11,14,18H,12-13,15-16H2,1-2H3/t18-/m0/s1. The van der Waals surface area contributed by atoms with Gasteiger partial charge in [-0.25, -0.2) is 12.7 Å². The highest BCUT2D eigenvalue weighted by Crippen LogP contribution is 2.31. The van der Waals surface area contributed by atoms with Crippen molar-refractivity contribution in [1.82, 2.24) is 14.2 Å². The molecule has 0 N–H and O–H groups in total. The number of hydrogen-bond donors (Lipinski definition) is 0. The summed E-state index contributed by atoms with van der Waals surface area (Å²) in [5.74, 6) is -0.119. The number of sulfonamides is 1. The SMILES string of the molecule is CN(C)C(=O)c1cc([C@H]2CCN(S(=O)(=O)Cc3ccccc3)C2)nc2ccccc12. The second-order valence-electron chi connectivity index (χ2n) is 7.90. The van der Waals surface area contributed by atoms with Gasteiger partial charge in [-0.3, -0.25) is 9.78 Å². The molecule has 1 amide bonds. The molecular weight excluding hydrogens is 398 g/mol. The maximum atomic E-state index is 12.9. The van der Waals surface area contributed by atoms with Gasteiger partial charge >= 0.3 is 0 Å². The molecular formula is C23H25N3O3S. The Kier molecular flexibility index (Phi) is 5.58. The van der Waals surface area contributed by atoms with Gasteiger partial charge in [-0.1, -0.05) is 48.5 Å². The molecule has 0 bridgehead atoms. The molecule has 2 heterocycles.